The van der Waals surface area contributed by atoms with Crippen molar-refractivity contribution < 1.29 is 27.4 Å². The number of ether oxygens (including phenoxy) is 2. The van der Waals surface area contributed by atoms with Crippen LogP contribution in [0.25, 0.3) is 17.8 Å². The van der Waals surface area contributed by atoms with Crippen molar-refractivity contribution in [2.45, 2.75) is 26.9 Å². The van der Waals surface area contributed by atoms with Gasteiger partial charge in [0.15, 0.2) is 22.3 Å². The van der Waals surface area contributed by atoms with Crippen molar-refractivity contribution >= 4 is 40.2 Å². The molecule has 0 aliphatic rings. The lowest BCUT2D eigenvalue weighted by Gasteiger charge is -2.12. The molecule has 0 bridgehead atoms. The Morgan fingerprint density at radius 2 is 1.89 bits per heavy atom. The van der Waals surface area contributed by atoms with E-state index in [4.69, 9.17) is 9.47 Å². The van der Waals surface area contributed by atoms with E-state index in [-0.39, 0.29) is 10.8 Å². The number of rotatable bonds is 7. The fraction of sp³-hybridized carbons (Fsp3) is 0.192. The molecule has 0 aliphatic heterocycles. The normalized spacial score (nSPS) is 11.2. The van der Waals surface area contributed by atoms with E-state index in [0.717, 1.165) is 5.38 Å². The predicted molar refractivity (Wildman–Crippen MR) is 139 cm³/mol. The third-order valence-corrected chi connectivity index (χ3v) is 5.47. The van der Waals surface area contributed by atoms with E-state index < -0.39 is 17.8 Å². The van der Waals surface area contributed by atoms with Gasteiger partial charge in [-0.3, -0.25) is 14.5 Å². The number of imidazole rings is 1. The fourth-order valence-corrected chi connectivity index (χ4v) is 3.96. The molecule has 0 unspecified atom stereocenters. The van der Waals surface area contributed by atoms with Crippen molar-refractivity contribution in [2.24, 2.45) is 0 Å². The lowest BCUT2D eigenvalue weighted by Crippen LogP contribution is -2.16. The number of carbonyl (C=O) groups is 1. The van der Waals surface area contributed by atoms with Crippen molar-refractivity contribution in [3.63, 3.8) is 0 Å². The number of thiazole rings is 1. The molecule has 0 saturated heterocycles. The van der Waals surface area contributed by atoms with Gasteiger partial charge in [0.2, 0.25) is 0 Å². The second-order valence-electron chi connectivity index (χ2n) is 7.28. The Morgan fingerprint density at radius 1 is 1.14 bits per heavy atom. The molecule has 11 heteroatoms. The number of hydrogen-bond donors (Lipinski definition) is 1. The summed E-state index contributed by atoms with van der Waals surface area (Å²) in [5.74, 6) is 0.734. The van der Waals surface area contributed by atoms with Gasteiger partial charge in [0.25, 0.3) is 5.91 Å². The zero-order valence-electron chi connectivity index (χ0n) is 20.6. The average molecular weight is 531 g/mol. The van der Waals surface area contributed by atoms with Crippen LogP contribution >= 0.6 is 11.3 Å². The second kappa shape index (κ2) is 11.7. The number of alkyl halides is 3. The largest absolute Gasteiger partial charge is 0.493 e. The van der Waals surface area contributed by atoms with Crippen LogP contribution in [-0.2, 0) is 6.18 Å². The van der Waals surface area contributed by atoms with Crippen LogP contribution in [0.1, 0.15) is 48.2 Å². The topological polar surface area (TPSA) is 77.8 Å². The maximum atomic E-state index is 13.1. The SMILES string of the molecule is C=C(C)Oc1c(/C=C/c2nc3ccccn3c2C(=O)Nc2nc(C(F)(F)F)cs2)cccc1OC.CC. The van der Waals surface area contributed by atoms with E-state index in [2.05, 4.69) is 21.9 Å². The first kappa shape index (κ1) is 27.5. The van der Waals surface area contributed by atoms with E-state index in [9.17, 15) is 18.0 Å². The van der Waals surface area contributed by atoms with E-state index in [1.54, 1.807) is 66.1 Å². The molecule has 7 nitrogen and oxygen atoms in total. The molecule has 37 heavy (non-hydrogen) atoms. The number of halogens is 3. The highest BCUT2D eigenvalue weighted by Crippen LogP contribution is 2.34. The summed E-state index contributed by atoms with van der Waals surface area (Å²) < 4.78 is 51.3. The molecule has 0 atom stereocenters. The Morgan fingerprint density at radius 3 is 2.54 bits per heavy atom. The molecule has 4 aromatic rings. The number of nitrogens with zero attached hydrogens (tertiary/aromatic N) is 3. The van der Waals surface area contributed by atoms with Crippen molar-refractivity contribution in [2.75, 3.05) is 12.4 Å². The Hall–Kier alpha value is -4.12. The molecular weight excluding hydrogens is 505 g/mol. The highest BCUT2D eigenvalue weighted by atomic mass is 32.1. The third kappa shape index (κ3) is 6.36. The summed E-state index contributed by atoms with van der Waals surface area (Å²) in [7, 11) is 1.52. The number of pyridine rings is 1. The minimum absolute atomic E-state index is 0.130. The summed E-state index contributed by atoms with van der Waals surface area (Å²) >= 11 is 0.686. The van der Waals surface area contributed by atoms with Crippen molar-refractivity contribution in [3.8, 4) is 11.5 Å². The summed E-state index contributed by atoms with van der Waals surface area (Å²) in [4.78, 5) is 21.1. The first-order valence-electron chi connectivity index (χ1n) is 11.2. The van der Waals surface area contributed by atoms with Gasteiger partial charge in [-0.15, -0.1) is 11.3 Å². The van der Waals surface area contributed by atoms with Crippen LogP contribution in [0, 0.1) is 0 Å². The molecule has 4 rings (SSSR count). The van der Waals surface area contributed by atoms with E-state index in [1.807, 2.05) is 13.8 Å². The van der Waals surface area contributed by atoms with E-state index >= 15 is 0 Å². The van der Waals surface area contributed by atoms with Crippen molar-refractivity contribution in [3.05, 3.63) is 83.0 Å². The number of benzene rings is 1. The lowest BCUT2D eigenvalue weighted by atomic mass is 10.1. The lowest BCUT2D eigenvalue weighted by molar-refractivity contribution is -0.140. The van der Waals surface area contributed by atoms with E-state index in [0.29, 0.717) is 45.5 Å². The molecule has 1 N–H and O–H groups in total. The minimum atomic E-state index is -4.60. The predicted octanol–water partition coefficient (Wildman–Crippen LogP) is 7.18. The Balaban J connectivity index is 0.00000186. The van der Waals surface area contributed by atoms with Crippen LogP contribution in [0.15, 0.2) is 60.3 Å². The monoisotopic (exact) mass is 530 g/mol. The number of hydrogen-bond acceptors (Lipinski definition) is 6. The molecule has 194 valence electrons. The number of nitrogens with one attached hydrogen (secondary N) is 1. The standard InChI is InChI=1S/C24H19F3N4O3S.C2H6/c1-14(2)34-21-15(7-6-8-17(21)33-3)10-11-16-20(31-12-5-4-9-19(31)28-16)22(32)30-23-29-18(13-35-23)24(25,26)27;1-2/h4-13H,1H2,2-3H3,(H,29,30,32);1-2H3/b11-10+;. The smallest absolute Gasteiger partial charge is 0.434 e. The van der Waals surface area contributed by atoms with Crippen molar-refractivity contribution in [1.29, 1.82) is 0 Å². The van der Waals surface area contributed by atoms with Crippen LogP contribution in [0.4, 0.5) is 18.3 Å². The van der Waals surface area contributed by atoms with Crippen LogP contribution in [0.2, 0.25) is 0 Å². The van der Waals surface area contributed by atoms with E-state index in [1.165, 1.54) is 7.11 Å². The molecule has 0 saturated carbocycles. The first-order chi connectivity index (χ1) is 17.7. The number of anilines is 1. The summed E-state index contributed by atoms with van der Waals surface area (Å²) in [6, 6.07) is 10.5. The van der Waals surface area contributed by atoms with Crippen LogP contribution in [0.5, 0.6) is 11.5 Å². The van der Waals surface area contributed by atoms with Crippen LogP contribution in [-0.4, -0.2) is 27.4 Å². The number of fused-ring (bicyclic) bond motifs is 1. The summed E-state index contributed by atoms with van der Waals surface area (Å²) in [5, 5.41) is 3.11. The average Bonchev–Trinajstić information content (AvgIpc) is 3.48. The Kier molecular flexibility index (Phi) is 8.72. The highest BCUT2D eigenvalue weighted by Gasteiger charge is 2.34. The molecule has 0 aliphatic carbocycles. The zero-order valence-corrected chi connectivity index (χ0v) is 21.4. The van der Waals surface area contributed by atoms with Gasteiger partial charge in [0, 0.05) is 17.1 Å². The fourth-order valence-electron chi connectivity index (χ4n) is 3.25. The number of methoxy groups -OCH3 is 1. The zero-order chi connectivity index (χ0) is 27.2. The van der Waals surface area contributed by atoms with Gasteiger partial charge in [-0.2, -0.15) is 13.2 Å². The molecule has 1 amide bonds. The first-order valence-corrected chi connectivity index (χ1v) is 12.0. The molecule has 3 aromatic heterocycles. The van der Waals surface area contributed by atoms with Gasteiger partial charge < -0.3 is 9.47 Å². The summed E-state index contributed by atoms with van der Waals surface area (Å²) in [5.41, 5.74) is 0.484. The molecule has 3 heterocycles. The quantitative estimate of drug-likeness (QED) is 0.256. The maximum absolute atomic E-state index is 13.1. The number of para-hydroxylation sites is 1. The molecular formula is C26H25F3N4O3S. The second-order valence-corrected chi connectivity index (χ2v) is 8.14. The third-order valence-electron chi connectivity index (χ3n) is 4.71. The van der Waals surface area contributed by atoms with Gasteiger partial charge in [-0.05, 0) is 37.3 Å². The molecule has 0 fully saturated rings. The maximum Gasteiger partial charge on any atom is 0.434 e. The Bertz CT molecular complexity index is 1440. The van der Waals surface area contributed by atoms with Gasteiger partial charge in [-0.1, -0.05) is 38.6 Å². The molecule has 0 radical (unpaired) electrons. The van der Waals surface area contributed by atoms with Gasteiger partial charge >= 0.3 is 6.18 Å². The Labute approximate surface area is 215 Å². The van der Waals surface area contributed by atoms with Gasteiger partial charge in [0.1, 0.15) is 11.3 Å². The van der Waals surface area contributed by atoms with Crippen LogP contribution < -0.4 is 14.8 Å². The molecule has 1 aromatic carbocycles. The summed E-state index contributed by atoms with van der Waals surface area (Å²) in [6.07, 6.45) is 0.352. The van der Waals surface area contributed by atoms with Crippen molar-refractivity contribution in [1.82, 2.24) is 14.4 Å². The van der Waals surface area contributed by atoms with Gasteiger partial charge in [-0.25, -0.2) is 9.97 Å². The minimum Gasteiger partial charge on any atom is -0.493 e. The molecule has 0 spiro atoms. The highest BCUT2D eigenvalue weighted by molar-refractivity contribution is 7.14. The number of aromatic nitrogens is 3. The number of amides is 1. The summed E-state index contributed by atoms with van der Waals surface area (Å²) in [6.45, 7) is 9.46. The van der Waals surface area contributed by atoms with Crippen LogP contribution in [0.3, 0.4) is 0 Å². The number of carbonyl (C=O) groups excluding carboxylic acids is 1. The number of allylic oxidation sites excluding steroid dienone is 1. The van der Waals surface area contributed by atoms with Gasteiger partial charge in [0.05, 0.1) is 18.6 Å².